The molecule has 2 N–H and O–H groups in total. The van der Waals surface area contributed by atoms with Gasteiger partial charge < -0.3 is 10.6 Å². The number of aromatic nitrogens is 2. The largest absolute Gasteiger partial charge is 0.315 e. The molecule has 1 atom stereocenters. The first kappa shape index (κ1) is 11.6. The molecule has 0 amide bonds. The Hall–Kier alpha value is -0.870. The van der Waals surface area contributed by atoms with Crippen LogP contribution in [0, 0.1) is 0 Å². The normalized spacial score (nSPS) is 21.2. The number of hydrogen-bond acceptors (Lipinski definition) is 3. The molecular weight excluding hydrogens is 200 g/mol. The second-order valence-corrected chi connectivity index (χ2v) is 4.58. The summed E-state index contributed by atoms with van der Waals surface area (Å²) in [5.74, 6) is 0. The van der Waals surface area contributed by atoms with Crippen molar-refractivity contribution in [3.63, 3.8) is 0 Å². The lowest BCUT2D eigenvalue weighted by Gasteiger charge is -2.23. The second-order valence-electron chi connectivity index (χ2n) is 4.58. The fourth-order valence-corrected chi connectivity index (χ4v) is 2.19. The van der Waals surface area contributed by atoms with Crippen LogP contribution < -0.4 is 10.6 Å². The molecule has 16 heavy (non-hydrogen) atoms. The lowest BCUT2D eigenvalue weighted by molar-refractivity contribution is 0.384. The minimum atomic E-state index is 0.678. The summed E-state index contributed by atoms with van der Waals surface area (Å²) < 4.78 is 1.86. The molecule has 2 heterocycles. The van der Waals surface area contributed by atoms with Gasteiger partial charge in [0.15, 0.2) is 0 Å². The van der Waals surface area contributed by atoms with E-state index in [1.807, 2.05) is 17.9 Å². The summed E-state index contributed by atoms with van der Waals surface area (Å²) in [6.07, 6.45) is 7.05. The van der Waals surface area contributed by atoms with Gasteiger partial charge in [0.2, 0.25) is 0 Å². The summed E-state index contributed by atoms with van der Waals surface area (Å²) in [4.78, 5) is 0. The Kier molecular flexibility index (Phi) is 4.36. The third-order valence-corrected chi connectivity index (χ3v) is 3.13. The van der Waals surface area contributed by atoms with Crippen LogP contribution in [0.15, 0.2) is 12.3 Å². The van der Waals surface area contributed by atoms with Crippen LogP contribution >= 0.6 is 0 Å². The zero-order chi connectivity index (χ0) is 11.2. The van der Waals surface area contributed by atoms with Gasteiger partial charge in [-0.2, -0.15) is 5.10 Å². The van der Waals surface area contributed by atoms with E-state index in [2.05, 4.69) is 21.8 Å². The van der Waals surface area contributed by atoms with Gasteiger partial charge in [-0.05, 0) is 25.5 Å². The summed E-state index contributed by atoms with van der Waals surface area (Å²) in [5, 5.41) is 11.4. The average molecular weight is 222 g/mol. The predicted octanol–water partition coefficient (Wildman–Crippen LogP) is 0.694. The summed E-state index contributed by atoms with van der Waals surface area (Å²) in [6.45, 7) is 3.30. The van der Waals surface area contributed by atoms with Crippen molar-refractivity contribution < 1.29 is 0 Å². The molecule has 1 aromatic heterocycles. The van der Waals surface area contributed by atoms with Gasteiger partial charge in [-0.3, -0.25) is 4.68 Å². The molecule has 0 radical (unpaired) electrons. The highest BCUT2D eigenvalue weighted by Gasteiger charge is 2.11. The van der Waals surface area contributed by atoms with Crippen molar-refractivity contribution in [2.75, 3.05) is 19.6 Å². The van der Waals surface area contributed by atoms with Gasteiger partial charge in [-0.15, -0.1) is 0 Å². The standard InChI is InChI=1S/C12H22N4/c1-16-9-6-11(15-16)5-8-13-10-12-4-2-3-7-14-12/h6,9,12-14H,2-5,7-8,10H2,1H3. The topological polar surface area (TPSA) is 41.9 Å². The summed E-state index contributed by atoms with van der Waals surface area (Å²) >= 11 is 0. The fourth-order valence-electron chi connectivity index (χ4n) is 2.19. The van der Waals surface area contributed by atoms with Gasteiger partial charge in [0, 0.05) is 38.8 Å². The number of nitrogens with one attached hydrogen (secondary N) is 2. The first-order chi connectivity index (χ1) is 7.84. The Morgan fingerprint density at radius 1 is 1.56 bits per heavy atom. The van der Waals surface area contributed by atoms with E-state index >= 15 is 0 Å². The fraction of sp³-hybridized carbons (Fsp3) is 0.750. The average Bonchev–Trinajstić information content (AvgIpc) is 2.72. The molecular formula is C12H22N4. The van der Waals surface area contributed by atoms with Crippen LogP contribution in [0.4, 0.5) is 0 Å². The molecule has 1 fully saturated rings. The first-order valence-electron chi connectivity index (χ1n) is 6.27. The van der Waals surface area contributed by atoms with E-state index in [0.717, 1.165) is 19.5 Å². The highest BCUT2D eigenvalue weighted by molar-refractivity contribution is 4.98. The van der Waals surface area contributed by atoms with Crippen molar-refractivity contribution in [2.24, 2.45) is 7.05 Å². The SMILES string of the molecule is Cn1ccc(CCNCC2CCCCN2)n1. The van der Waals surface area contributed by atoms with Crippen LogP contribution in [-0.2, 0) is 13.5 Å². The van der Waals surface area contributed by atoms with E-state index in [1.165, 1.54) is 31.5 Å². The van der Waals surface area contributed by atoms with Gasteiger partial charge in [-0.1, -0.05) is 6.42 Å². The number of aryl methyl sites for hydroxylation is 1. The highest BCUT2D eigenvalue weighted by Crippen LogP contribution is 2.05. The molecule has 0 aromatic carbocycles. The van der Waals surface area contributed by atoms with Crippen molar-refractivity contribution in [1.82, 2.24) is 20.4 Å². The van der Waals surface area contributed by atoms with Crippen LogP contribution in [0.1, 0.15) is 25.0 Å². The molecule has 1 aliphatic rings. The monoisotopic (exact) mass is 222 g/mol. The van der Waals surface area contributed by atoms with Crippen molar-refractivity contribution >= 4 is 0 Å². The Labute approximate surface area is 97.4 Å². The van der Waals surface area contributed by atoms with Gasteiger partial charge in [0.05, 0.1) is 5.69 Å². The van der Waals surface area contributed by atoms with Crippen molar-refractivity contribution in [3.05, 3.63) is 18.0 Å². The minimum absolute atomic E-state index is 0.678. The lowest BCUT2D eigenvalue weighted by atomic mass is 10.1. The molecule has 0 spiro atoms. The molecule has 1 saturated heterocycles. The maximum absolute atomic E-state index is 4.36. The molecule has 0 bridgehead atoms. The smallest absolute Gasteiger partial charge is 0.0637 e. The van der Waals surface area contributed by atoms with Crippen molar-refractivity contribution in [2.45, 2.75) is 31.7 Å². The number of piperidine rings is 1. The second kappa shape index (κ2) is 6.01. The maximum Gasteiger partial charge on any atom is 0.0637 e. The molecule has 1 aliphatic heterocycles. The molecule has 1 aromatic rings. The van der Waals surface area contributed by atoms with Crippen LogP contribution in [0.3, 0.4) is 0 Å². The summed E-state index contributed by atoms with van der Waals surface area (Å²) in [6, 6.07) is 2.76. The maximum atomic E-state index is 4.36. The quantitative estimate of drug-likeness (QED) is 0.720. The van der Waals surface area contributed by atoms with Gasteiger partial charge in [-0.25, -0.2) is 0 Å². The minimum Gasteiger partial charge on any atom is -0.315 e. The molecule has 2 rings (SSSR count). The number of nitrogens with zero attached hydrogens (tertiary/aromatic N) is 2. The van der Waals surface area contributed by atoms with Gasteiger partial charge in [0.1, 0.15) is 0 Å². The zero-order valence-corrected chi connectivity index (χ0v) is 10.1. The number of hydrogen-bond donors (Lipinski definition) is 2. The molecule has 0 aliphatic carbocycles. The third kappa shape index (κ3) is 3.61. The molecule has 0 saturated carbocycles. The molecule has 4 heteroatoms. The van der Waals surface area contributed by atoms with E-state index in [-0.39, 0.29) is 0 Å². The van der Waals surface area contributed by atoms with Gasteiger partial charge >= 0.3 is 0 Å². The van der Waals surface area contributed by atoms with Crippen LogP contribution in [0.5, 0.6) is 0 Å². The van der Waals surface area contributed by atoms with Crippen LogP contribution in [0.2, 0.25) is 0 Å². The lowest BCUT2D eigenvalue weighted by Crippen LogP contribution is -2.42. The molecule has 90 valence electrons. The van der Waals surface area contributed by atoms with E-state index < -0.39 is 0 Å². The van der Waals surface area contributed by atoms with Crippen LogP contribution in [-0.4, -0.2) is 35.5 Å². The third-order valence-electron chi connectivity index (χ3n) is 3.13. The van der Waals surface area contributed by atoms with E-state index in [4.69, 9.17) is 0 Å². The van der Waals surface area contributed by atoms with Gasteiger partial charge in [0.25, 0.3) is 0 Å². The predicted molar refractivity (Wildman–Crippen MR) is 65.4 cm³/mol. The first-order valence-corrected chi connectivity index (χ1v) is 6.27. The van der Waals surface area contributed by atoms with E-state index in [0.29, 0.717) is 6.04 Å². The molecule has 1 unspecified atom stereocenters. The summed E-state index contributed by atoms with van der Waals surface area (Å²) in [7, 11) is 1.96. The van der Waals surface area contributed by atoms with Crippen molar-refractivity contribution in [1.29, 1.82) is 0 Å². The Morgan fingerprint density at radius 2 is 2.50 bits per heavy atom. The summed E-state index contributed by atoms with van der Waals surface area (Å²) in [5.41, 5.74) is 1.17. The Bertz CT molecular complexity index is 302. The molecule has 4 nitrogen and oxygen atoms in total. The van der Waals surface area contributed by atoms with E-state index in [9.17, 15) is 0 Å². The highest BCUT2D eigenvalue weighted by atomic mass is 15.2. The Morgan fingerprint density at radius 3 is 3.19 bits per heavy atom. The zero-order valence-electron chi connectivity index (χ0n) is 10.1. The van der Waals surface area contributed by atoms with Crippen molar-refractivity contribution in [3.8, 4) is 0 Å². The number of rotatable bonds is 5. The van der Waals surface area contributed by atoms with Crippen LogP contribution in [0.25, 0.3) is 0 Å². The Balaban J connectivity index is 1.57. The van der Waals surface area contributed by atoms with E-state index in [1.54, 1.807) is 0 Å².